The fourth-order valence-corrected chi connectivity index (χ4v) is 2.83. The average molecular weight is 296 g/mol. The molecule has 0 aromatic heterocycles. The van der Waals surface area contributed by atoms with Crippen molar-refractivity contribution in [3.05, 3.63) is 28.8 Å². The van der Waals surface area contributed by atoms with Crippen LogP contribution in [0.2, 0.25) is 0 Å². The Balaban J connectivity index is 2.80. The van der Waals surface area contributed by atoms with E-state index in [9.17, 15) is 0 Å². The lowest BCUT2D eigenvalue weighted by atomic mass is 9.89. The Morgan fingerprint density at radius 3 is 1.85 bits per heavy atom. The van der Waals surface area contributed by atoms with Crippen molar-refractivity contribution in [1.29, 1.82) is 0 Å². The molecule has 1 aromatic rings. The van der Waals surface area contributed by atoms with Gasteiger partial charge in [0, 0.05) is 11.6 Å². The largest absolute Gasteiger partial charge is 0.398 e. The van der Waals surface area contributed by atoms with E-state index in [4.69, 9.17) is 17.3 Å². The summed E-state index contributed by atoms with van der Waals surface area (Å²) in [6.45, 7) is 8.89. The van der Waals surface area contributed by atoms with Gasteiger partial charge in [0.1, 0.15) is 0 Å². The van der Waals surface area contributed by atoms with Crippen molar-refractivity contribution in [3.63, 3.8) is 0 Å². The van der Waals surface area contributed by atoms with Gasteiger partial charge in [-0.25, -0.2) is 0 Å². The van der Waals surface area contributed by atoms with Gasteiger partial charge in [0.15, 0.2) is 0 Å². The second-order valence-electron chi connectivity index (χ2n) is 6.35. The molecule has 0 saturated heterocycles. The molecule has 0 aliphatic carbocycles. The zero-order chi connectivity index (χ0) is 15.1. The third kappa shape index (κ3) is 5.01. The molecule has 0 heterocycles. The van der Waals surface area contributed by atoms with E-state index < -0.39 is 0 Å². The minimum absolute atomic E-state index is 0.490. The van der Waals surface area contributed by atoms with E-state index in [1.54, 1.807) is 0 Å². The van der Waals surface area contributed by atoms with E-state index in [2.05, 4.69) is 39.8 Å². The van der Waals surface area contributed by atoms with Crippen LogP contribution in [0.3, 0.4) is 0 Å². The van der Waals surface area contributed by atoms with Gasteiger partial charge in [-0.15, -0.1) is 11.6 Å². The van der Waals surface area contributed by atoms with Crippen molar-refractivity contribution in [2.45, 2.75) is 71.6 Å². The van der Waals surface area contributed by atoms with E-state index in [0.717, 1.165) is 24.4 Å². The minimum Gasteiger partial charge on any atom is -0.398 e. The first kappa shape index (κ1) is 17.4. The molecule has 0 atom stereocenters. The number of nitrogen functional groups attached to an aromatic ring is 1. The Morgan fingerprint density at radius 2 is 1.40 bits per heavy atom. The smallest absolute Gasteiger partial charge is 0.0384 e. The molecule has 2 N–H and O–H groups in total. The summed E-state index contributed by atoms with van der Waals surface area (Å²) in [4.78, 5) is 0. The maximum absolute atomic E-state index is 6.33. The Labute approximate surface area is 129 Å². The standard InChI is InChI=1S/C18H30ClN/c1-13(2)16-11-15(9-7-5-6-8-10-19)12-17(14(3)4)18(16)20/h11-14H,5-10,20H2,1-4H3. The number of rotatable bonds is 8. The van der Waals surface area contributed by atoms with Crippen LogP contribution in [0.15, 0.2) is 12.1 Å². The number of benzene rings is 1. The quantitative estimate of drug-likeness (QED) is 0.363. The summed E-state index contributed by atoms with van der Waals surface area (Å²) in [5.74, 6) is 1.77. The number of hydrogen-bond donors (Lipinski definition) is 1. The molecule has 114 valence electrons. The average Bonchev–Trinajstić information content (AvgIpc) is 2.39. The number of aryl methyl sites for hydroxylation is 1. The Morgan fingerprint density at radius 1 is 0.900 bits per heavy atom. The second kappa shape index (κ2) is 8.56. The predicted octanol–water partition coefficient (Wildman–Crippen LogP) is 5.86. The summed E-state index contributed by atoms with van der Waals surface area (Å²) in [5, 5.41) is 0. The molecular weight excluding hydrogens is 266 g/mol. The van der Waals surface area contributed by atoms with Crippen LogP contribution in [0.5, 0.6) is 0 Å². The normalized spacial score (nSPS) is 11.6. The number of alkyl halides is 1. The molecule has 0 spiro atoms. The fraction of sp³-hybridized carbons (Fsp3) is 0.667. The highest BCUT2D eigenvalue weighted by Crippen LogP contribution is 2.32. The van der Waals surface area contributed by atoms with Gasteiger partial charge in [0.2, 0.25) is 0 Å². The minimum atomic E-state index is 0.490. The molecule has 1 aromatic carbocycles. The van der Waals surface area contributed by atoms with E-state index in [-0.39, 0.29) is 0 Å². The number of halogens is 1. The van der Waals surface area contributed by atoms with Crippen LogP contribution < -0.4 is 5.73 Å². The van der Waals surface area contributed by atoms with Crippen LogP contribution in [0.4, 0.5) is 5.69 Å². The Kier molecular flexibility index (Phi) is 7.43. The van der Waals surface area contributed by atoms with Crippen molar-refractivity contribution in [3.8, 4) is 0 Å². The summed E-state index contributed by atoms with van der Waals surface area (Å²) >= 11 is 5.71. The number of anilines is 1. The van der Waals surface area contributed by atoms with Gasteiger partial charge >= 0.3 is 0 Å². The molecule has 0 aliphatic heterocycles. The topological polar surface area (TPSA) is 26.0 Å². The molecular formula is C18H30ClN. The number of nitrogens with two attached hydrogens (primary N) is 1. The molecule has 0 saturated carbocycles. The maximum atomic E-state index is 6.33. The Bertz CT molecular complexity index is 381. The van der Waals surface area contributed by atoms with Gasteiger partial charge in [0.05, 0.1) is 0 Å². The lowest BCUT2D eigenvalue weighted by Crippen LogP contribution is -2.05. The third-order valence-corrected chi connectivity index (χ3v) is 4.16. The van der Waals surface area contributed by atoms with E-state index in [1.165, 1.54) is 36.0 Å². The van der Waals surface area contributed by atoms with Crippen molar-refractivity contribution in [2.75, 3.05) is 11.6 Å². The fourth-order valence-electron chi connectivity index (χ4n) is 2.64. The molecule has 0 bridgehead atoms. The molecule has 1 rings (SSSR count). The predicted molar refractivity (Wildman–Crippen MR) is 91.9 cm³/mol. The van der Waals surface area contributed by atoms with Gasteiger partial charge in [-0.05, 0) is 47.8 Å². The first-order chi connectivity index (χ1) is 9.47. The van der Waals surface area contributed by atoms with Crippen LogP contribution in [0, 0.1) is 0 Å². The first-order valence-corrected chi connectivity index (χ1v) is 8.49. The molecule has 0 amide bonds. The van der Waals surface area contributed by atoms with Crippen molar-refractivity contribution in [2.24, 2.45) is 0 Å². The van der Waals surface area contributed by atoms with Crippen molar-refractivity contribution in [1.82, 2.24) is 0 Å². The van der Waals surface area contributed by atoms with Gasteiger partial charge in [-0.3, -0.25) is 0 Å². The van der Waals surface area contributed by atoms with Gasteiger partial charge in [-0.2, -0.15) is 0 Å². The van der Waals surface area contributed by atoms with Crippen LogP contribution >= 0.6 is 11.6 Å². The van der Waals surface area contributed by atoms with E-state index in [0.29, 0.717) is 11.8 Å². The zero-order valence-electron chi connectivity index (χ0n) is 13.5. The van der Waals surface area contributed by atoms with Crippen LogP contribution in [-0.4, -0.2) is 5.88 Å². The summed E-state index contributed by atoms with van der Waals surface area (Å²) in [6, 6.07) is 4.63. The molecule has 0 aliphatic rings. The molecule has 1 nitrogen and oxygen atoms in total. The highest BCUT2D eigenvalue weighted by Gasteiger charge is 2.13. The van der Waals surface area contributed by atoms with E-state index >= 15 is 0 Å². The first-order valence-electron chi connectivity index (χ1n) is 7.95. The lowest BCUT2D eigenvalue weighted by molar-refractivity contribution is 0.667. The van der Waals surface area contributed by atoms with Crippen molar-refractivity contribution < 1.29 is 0 Å². The zero-order valence-corrected chi connectivity index (χ0v) is 14.3. The summed E-state index contributed by atoms with van der Waals surface area (Å²) in [5.41, 5.74) is 11.4. The maximum Gasteiger partial charge on any atom is 0.0384 e. The summed E-state index contributed by atoms with van der Waals surface area (Å²) in [6.07, 6.45) is 6.05. The molecule has 0 fully saturated rings. The highest BCUT2D eigenvalue weighted by atomic mass is 35.5. The molecule has 0 radical (unpaired) electrons. The van der Waals surface area contributed by atoms with E-state index in [1.807, 2.05) is 0 Å². The van der Waals surface area contributed by atoms with Crippen LogP contribution in [-0.2, 0) is 6.42 Å². The Hall–Kier alpha value is -0.690. The van der Waals surface area contributed by atoms with Gasteiger partial charge in [0.25, 0.3) is 0 Å². The number of unbranched alkanes of at least 4 members (excludes halogenated alkanes) is 3. The van der Waals surface area contributed by atoms with Gasteiger partial charge in [-0.1, -0.05) is 52.7 Å². The SMILES string of the molecule is CC(C)c1cc(CCCCCCCl)cc(C(C)C)c1N. The monoisotopic (exact) mass is 295 g/mol. The van der Waals surface area contributed by atoms with Crippen LogP contribution in [0.1, 0.15) is 81.9 Å². The number of hydrogen-bond acceptors (Lipinski definition) is 1. The highest BCUT2D eigenvalue weighted by molar-refractivity contribution is 6.17. The lowest BCUT2D eigenvalue weighted by Gasteiger charge is -2.18. The van der Waals surface area contributed by atoms with Crippen molar-refractivity contribution >= 4 is 17.3 Å². The molecule has 2 heteroatoms. The van der Waals surface area contributed by atoms with Gasteiger partial charge < -0.3 is 5.73 Å². The molecule has 20 heavy (non-hydrogen) atoms. The van der Waals surface area contributed by atoms with Crippen LogP contribution in [0.25, 0.3) is 0 Å². The molecule has 0 unspecified atom stereocenters. The second-order valence-corrected chi connectivity index (χ2v) is 6.73. The summed E-state index contributed by atoms with van der Waals surface area (Å²) in [7, 11) is 0. The third-order valence-electron chi connectivity index (χ3n) is 3.90. The summed E-state index contributed by atoms with van der Waals surface area (Å²) < 4.78 is 0.